The summed E-state index contributed by atoms with van der Waals surface area (Å²) in [4.78, 5) is 12.2. The van der Waals surface area contributed by atoms with Crippen LogP contribution in [-0.4, -0.2) is 11.8 Å². The fourth-order valence-corrected chi connectivity index (χ4v) is 2.54. The van der Waals surface area contributed by atoms with Gasteiger partial charge >= 0.3 is 0 Å². The molecule has 0 unspecified atom stereocenters. The van der Waals surface area contributed by atoms with Crippen LogP contribution < -0.4 is 0 Å². The van der Waals surface area contributed by atoms with E-state index < -0.39 is 0 Å². The molecule has 74 valence electrons. The molecule has 0 aromatic heterocycles. The molecular weight excluding hydrogens is 199 g/mol. The summed E-state index contributed by atoms with van der Waals surface area (Å²) in [5.41, 5.74) is 2.24. The highest BCUT2D eigenvalue weighted by Crippen LogP contribution is 2.33. The van der Waals surface area contributed by atoms with Gasteiger partial charge in [-0.05, 0) is 30.0 Å². The van der Waals surface area contributed by atoms with Crippen molar-refractivity contribution in [3.05, 3.63) is 29.3 Å². The van der Waals surface area contributed by atoms with Crippen LogP contribution in [0, 0.1) is 0 Å². The van der Waals surface area contributed by atoms with E-state index in [2.05, 4.69) is 0 Å². The molecule has 0 atom stereocenters. The SMILES string of the molecule is O=C1Cc2ccc(CCCF)cc2S1. The Bertz CT molecular complexity index is 362. The van der Waals surface area contributed by atoms with Crippen molar-refractivity contribution in [2.24, 2.45) is 0 Å². The Balaban J connectivity index is 2.16. The molecule has 1 aliphatic rings. The van der Waals surface area contributed by atoms with Crippen LogP contribution in [0.5, 0.6) is 0 Å². The molecule has 0 fully saturated rings. The van der Waals surface area contributed by atoms with E-state index in [1.54, 1.807) is 0 Å². The van der Waals surface area contributed by atoms with Crippen molar-refractivity contribution in [1.82, 2.24) is 0 Å². The van der Waals surface area contributed by atoms with Crippen molar-refractivity contribution < 1.29 is 9.18 Å². The minimum absolute atomic E-state index is 0.211. The Hall–Kier alpha value is -0.830. The first kappa shape index (κ1) is 9.71. The lowest BCUT2D eigenvalue weighted by atomic mass is 10.1. The summed E-state index contributed by atoms with van der Waals surface area (Å²) in [6.07, 6.45) is 1.87. The molecular formula is C11H11FOS. The van der Waals surface area contributed by atoms with E-state index in [9.17, 15) is 9.18 Å². The van der Waals surface area contributed by atoms with Gasteiger partial charge in [-0.2, -0.15) is 0 Å². The van der Waals surface area contributed by atoms with Crippen LogP contribution >= 0.6 is 11.8 Å². The molecule has 0 spiro atoms. The highest BCUT2D eigenvalue weighted by Gasteiger charge is 2.18. The smallest absolute Gasteiger partial charge is 0.198 e. The zero-order valence-electron chi connectivity index (χ0n) is 7.75. The number of fused-ring (bicyclic) bond motifs is 1. The van der Waals surface area contributed by atoms with Gasteiger partial charge in [0.2, 0.25) is 0 Å². The van der Waals surface area contributed by atoms with Crippen LogP contribution in [0.25, 0.3) is 0 Å². The largest absolute Gasteiger partial charge is 0.286 e. The summed E-state index contributed by atoms with van der Waals surface area (Å²) in [6, 6.07) is 6.00. The molecule has 1 heterocycles. The molecule has 1 aliphatic heterocycles. The van der Waals surface area contributed by atoms with Crippen LogP contribution in [0.1, 0.15) is 17.5 Å². The topological polar surface area (TPSA) is 17.1 Å². The van der Waals surface area contributed by atoms with E-state index in [1.165, 1.54) is 11.8 Å². The number of hydrogen-bond acceptors (Lipinski definition) is 2. The van der Waals surface area contributed by atoms with Gasteiger partial charge in [-0.3, -0.25) is 9.18 Å². The molecule has 3 heteroatoms. The normalized spacial score (nSPS) is 14.5. The first-order chi connectivity index (χ1) is 6.79. The molecule has 0 N–H and O–H groups in total. The van der Waals surface area contributed by atoms with Crippen molar-refractivity contribution in [3.63, 3.8) is 0 Å². The second kappa shape index (κ2) is 4.13. The highest BCUT2D eigenvalue weighted by atomic mass is 32.2. The number of halogens is 1. The number of alkyl halides is 1. The predicted molar refractivity (Wildman–Crippen MR) is 55.3 cm³/mol. The summed E-state index contributed by atoms with van der Waals surface area (Å²) in [7, 11) is 0. The number of aryl methyl sites for hydroxylation is 1. The fraction of sp³-hybridized carbons (Fsp3) is 0.364. The average Bonchev–Trinajstić information content (AvgIpc) is 2.54. The second-order valence-corrected chi connectivity index (χ2v) is 4.48. The minimum Gasteiger partial charge on any atom is -0.286 e. The van der Waals surface area contributed by atoms with Crippen molar-refractivity contribution in [3.8, 4) is 0 Å². The van der Waals surface area contributed by atoms with Gasteiger partial charge in [0.05, 0.1) is 6.67 Å². The van der Waals surface area contributed by atoms with Crippen molar-refractivity contribution in [1.29, 1.82) is 0 Å². The van der Waals surface area contributed by atoms with Crippen LogP contribution in [0.2, 0.25) is 0 Å². The van der Waals surface area contributed by atoms with Gasteiger partial charge in [0.15, 0.2) is 5.12 Å². The van der Waals surface area contributed by atoms with Gasteiger partial charge in [-0.15, -0.1) is 0 Å². The molecule has 1 aromatic rings. The first-order valence-corrected chi connectivity index (χ1v) is 5.49. The molecule has 0 saturated heterocycles. The number of benzene rings is 1. The molecule has 0 aliphatic carbocycles. The Morgan fingerprint density at radius 3 is 3.07 bits per heavy atom. The first-order valence-electron chi connectivity index (χ1n) is 4.68. The third-order valence-corrected chi connectivity index (χ3v) is 3.26. The van der Waals surface area contributed by atoms with E-state index in [-0.39, 0.29) is 11.8 Å². The Kier molecular flexibility index (Phi) is 2.87. The maximum atomic E-state index is 12.0. The highest BCUT2D eigenvalue weighted by molar-refractivity contribution is 8.14. The fourth-order valence-electron chi connectivity index (χ4n) is 1.58. The number of carbonyl (C=O) groups is 1. The molecule has 0 amide bonds. The van der Waals surface area contributed by atoms with E-state index in [0.29, 0.717) is 12.8 Å². The molecule has 0 radical (unpaired) electrons. The zero-order chi connectivity index (χ0) is 9.97. The van der Waals surface area contributed by atoms with Crippen LogP contribution in [0.4, 0.5) is 4.39 Å². The maximum absolute atomic E-state index is 12.0. The lowest BCUT2D eigenvalue weighted by molar-refractivity contribution is -0.110. The van der Waals surface area contributed by atoms with Gasteiger partial charge in [-0.1, -0.05) is 23.9 Å². The number of rotatable bonds is 3. The number of thioether (sulfide) groups is 1. The van der Waals surface area contributed by atoms with Crippen LogP contribution in [0.15, 0.2) is 23.1 Å². The van der Waals surface area contributed by atoms with Crippen LogP contribution in [-0.2, 0) is 17.6 Å². The van der Waals surface area contributed by atoms with E-state index in [4.69, 9.17) is 0 Å². The summed E-state index contributed by atoms with van der Waals surface area (Å²) < 4.78 is 12.0. The third-order valence-electron chi connectivity index (χ3n) is 2.29. The molecule has 0 saturated carbocycles. The zero-order valence-corrected chi connectivity index (χ0v) is 8.57. The lowest BCUT2D eigenvalue weighted by Crippen LogP contribution is -1.89. The van der Waals surface area contributed by atoms with Gasteiger partial charge in [0.1, 0.15) is 0 Å². The Labute approximate surface area is 86.7 Å². The molecule has 0 bridgehead atoms. The summed E-state index contributed by atoms with van der Waals surface area (Å²) in [6.45, 7) is -0.275. The number of carbonyl (C=O) groups excluding carboxylic acids is 1. The molecule has 1 nitrogen and oxygen atoms in total. The van der Waals surface area contributed by atoms with Gasteiger partial charge in [-0.25, -0.2) is 0 Å². The van der Waals surface area contributed by atoms with Crippen molar-refractivity contribution >= 4 is 16.9 Å². The van der Waals surface area contributed by atoms with Crippen LogP contribution in [0.3, 0.4) is 0 Å². The maximum Gasteiger partial charge on any atom is 0.198 e. The minimum atomic E-state index is -0.275. The summed E-state index contributed by atoms with van der Waals surface area (Å²) >= 11 is 1.31. The van der Waals surface area contributed by atoms with Gasteiger partial charge in [0, 0.05) is 11.3 Å². The quantitative estimate of drug-likeness (QED) is 0.763. The molecule has 14 heavy (non-hydrogen) atoms. The lowest BCUT2D eigenvalue weighted by Gasteiger charge is -2.01. The van der Waals surface area contributed by atoms with E-state index >= 15 is 0 Å². The number of hydrogen-bond donors (Lipinski definition) is 0. The van der Waals surface area contributed by atoms with Crippen molar-refractivity contribution in [2.75, 3.05) is 6.67 Å². The predicted octanol–water partition coefficient (Wildman–Crippen LogP) is 2.76. The Morgan fingerprint density at radius 2 is 2.29 bits per heavy atom. The average molecular weight is 210 g/mol. The summed E-state index contributed by atoms with van der Waals surface area (Å²) in [5.74, 6) is 0. The third kappa shape index (κ3) is 1.98. The monoisotopic (exact) mass is 210 g/mol. The van der Waals surface area contributed by atoms with E-state index in [0.717, 1.165) is 22.4 Å². The molecule has 2 rings (SSSR count). The second-order valence-electron chi connectivity index (χ2n) is 3.39. The standard InChI is InChI=1S/C11H11FOS/c12-5-1-2-8-3-4-9-7-11(13)14-10(9)6-8/h3-4,6H,1-2,5,7H2. The van der Waals surface area contributed by atoms with E-state index in [1.807, 2.05) is 18.2 Å². The molecule has 1 aromatic carbocycles. The summed E-state index contributed by atoms with van der Waals surface area (Å²) in [5, 5.41) is 0.211. The van der Waals surface area contributed by atoms with Crippen molar-refractivity contribution in [2.45, 2.75) is 24.2 Å². The van der Waals surface area contributed by atoms with Gasteiger partial charge < -0.3 is 0 Å². The Morgan fingerprint density at radius 1 is 1.43 bits per heavy atom. The van der Waals surface area contributed by atoms with Gasteiger partial charge in [0.25, 0.3) is 0 Å².